The Hall–Kier alpha value is -0.940. The highest BCUT2D eigenvalue weighted by Crippen LogP contribution is 2.26. The first-order chi connectivity index (χ1) is 7.04. The summed E-state index contributed by atoms with van der Waals surface area (Å²) < 4.78 is 13.4. The predicted octanol–water partition coefficient (Wildman–Crippen LogP) is 2.32. The summed E-state index contributed by atoms with van der Waals surface area (Å²) >= 11 is 3.21. The maximum Gasteiger partial charge on any atom is 0.305 e. The smallest absolute Gasteiger partial charge is 0.305 e. The van der Waals surface area contributed by atoms with Crippen LogP contribution in [0.1, 0.15) is 18.0 Å². The molecule has 0 bridgehead atoms. The van der Waals surface area contributed by atoms with Gasteiger partial charge in [-0.25, -0.2) is 4.39 Å². The first-order valence-corrected chi connectivity index (χ1v) is 5.18. The van der Waals surface area contributed by atoms with Gasteiger partial charge in [-0.2, -0.15) is 0 Å². The van der Waals surface area contributed by atoms with E-state index in [-0.39, 0.29) is 18.3 Å². The van der Waals surface area contributed by atoms with E-state index in [1.54, 1.807) is 13.1 Å². The molecule has 1 aromatic carbocycles. The number of aliphatic carboxylic acids is 1. The summed E-state index contributed by atoms with van der Waals surface area (Å²) in [4.78, 5) is 10.6. The zero-order valence-electron chi connectivity index (χ0n) is 8.13. The topological polar surface area (TPSA) is 49.3 Å². The summed E-state index contributed by atoms with van der Waals surface area (Å²) in [7, 11) is 1.67. The number of nitrogens with one attached hydrogen (secondary N) is 1. The number of hydrogen-bond donors (Lipinski definition) is 2. The van der Waals surface area contributed by atoms with E-state index in [0.717, 1.165) is 5.56 Å². The zero-order valence-corrected chi connectivity index (χ0v) is 9.71. The molecule has 0 aliphatic heterocycles. The van der Waals surface area contributed by atoms with Crippen LogP contribution in [0.5, 0.6) is 0 Å². The van der Waals surface area contributed by atoms with Crippen LogP contribution in [-0.2, 0) is 4.79 Å². The van der Waals surface area contributed by atoms with Crippen molar-refractivity contribution in [3.8, 4) is 0 Å². The second kappa shape index (κ2) is 5.23. The van der Waals surface area contributed by atoms with Crippen molar-refractivity contribution in [3.63, 3.8) is 0 Å². The van der Waals surface area contributed by atoms with E-state index in [1.807, 2.05) is 0 Å². The highest BCUT2D eigenvalue weighted by atomic mass is 79.9. The average Bonchev–Trinajstić information content (AvgIpc) is 2.14. The van der Waals surface area contributed by atoms with Crippen LogP contribution in [0, 0.1) is 5.82 Å². The molecule has 0 amide bonds. The van der Waals surface area contributed by atoms with Crippen molar-refractivity contribution in [2.24, 2.45) is 0 Å². The third-order valence-electron chi connectivity index (χ3n) is 2.07. The van der Waals surface area contributed by atoms with E-state index in [9.17, 15) is 9.18 Å². The molecule has 0 aliphatic rings. The van der Waals surface area contributed by atoms with Crippen LogP contribution in [0.15, 0.2) is 22.7 Å². The molecule has 3 nitrogen and oxygen atoms in total. The molecule has 0 aromatic heterocycles. The molecule has 0 aliphatic carbocycles. The zero-order chi connectivity index (χ0) is 11.4. The summed E-state index contributed by atoms with van der Waals surface area (Å²) in [6, 6.07) is 3.88. The Kier molecular flexibility index (Phi) is 4.23. The van der Waals surface area contributed by atoms with Crippen molar-refractivity contribution in [3.05, 3.63) is 34.1 Å². The third-order valence-corrected chi connectivity index (χ3v) is 2.75. The Balaban J connectivity index is 2.96. The lowest BCUT2D eigenvalue weighted by Gasteiger charge is -2.15. The highest BCUT2D eigenvalue weighted by molar-refractivity contribution is 9.10. The monoisotopic (exact) mass is 275 g/mol. The lowest BCUT2D eigenvalue weighted by molar-refractivity contribution is -0.137. The summed E-state index contributed by atoms with van der Waals surface area (Å²) in [5.74, 6) is -1.25. The van der Waals surface area contributed by atoms with E-state index in [0.29, 0.717) is 4.47 Å². The van der Waals surface area contributed by atoms with Gasteiger partial charge in [0, 0.05) is 10.5 Å². The first kappa shape index (κ1) is 12.1. The van der Waals surface area contributed by atoms with Crippen molar-refractivity contribution in [2.75, 3.05) is 7.05 Å². The molecule has 1 aromatic rings. The number of hydrogen-bond acceptors (Lipinski definition) is 2. The molecule has 5 heteroatoms. The molecule has 0 fully saturated rings. The van der Waals surface area contributed by atoms with Crippen LogP contribution < -0.4 is 5.32 Å². The molecule has 0 saturated carbocycles. The molecule has 1 atom stereocenters. The van der Waals surface area contributed by atoms with Gasteiger partial charge in [0.15, 0.2) is 0 Å². The fourth-order valence-electron chi connectivity index (χ4n) is 1.33. The van der Waals surface area contributed by atoms with Gasteiger partial charge in [0.2, 0.25) is 0 Å². The van der Waals surface area contributed by atoms with E-state index in [4.69, 9.17) is 5.11 Å². The Morgan fingerprint density at radius 3 is 2.80 bits per heavy atom. The Morgan fingerprint density at radius 1 is 1.67 bits per heavy atom. The molecule has 0 spiro atoms. The number of rotatable bonds is 4. The SMILES string of the molecule is CNC(CC(=O)O)c1ccc(F)cc1Br. The van der Waals surface area contributed by atoms with Gasteiger partial charge >= 0.3 is 5.97 Å². The predicted molar refractivity (Wildman–Crippen MR) is 58.2 cm³/mol. The lowest BCUT2D eigenvalue weighted by atomic mass is 10.0. The Morgan fingerprint density at radius 2 is 2.33 bits per heavy atom. The number of carboxylic acids is 1. The molecule has 1 unspecified atom stereocenters. The van der Waals surface area contributed by atoms with Gasteiger partial charge in [-0.1, -0.05) is 22.0 Å². The number of halogens is 2. The first-order valence-electron chi connectivity index (χ1n) is 4.38. The number of benzene rings is 1. The molecule has 0 saturated heterocycles. The van der Waals surface area contributed by atoms with E-state index in [2.05, 4.69) is 21.2 Å². The van der Waals surface area contributed by atoms with Crippen LogP contribution in [0.4, 0.5) is 4.39 Å². The van der Waals surface area contributed by atoms with Crippen LogP contribution in [0.2, 0.25) is 0 Å². The van der Waals surface area contributed by atoms with Gasteiger partial charge in [-0.05, 0) is 24.7 Å². The van der Waals surface area contributed by atoms with Crippen LogP contribution in [0.3, 0.4) is 0 Å². The van der Waals surface area contributed by atoms with Gasteiger partial charge < -0.3 is 10.4 Å². The fourth-order valence-corrected chi connectivity index (χ4v) is 1.95. The Bertz CT molecular complexity index is 370. The molecule has 0 radical (unpaired) electrons. The molecule has 15 heavy (non-hydrogen) atoms. The summed E-state index contributed by atoms with van der Waals surface area (Å²) in [5.41, 5.74) is 0.737. The largest absolute Gasteiger partial charge is 0.481 e. The normalized spacial score (nSPS) is 12.5. The van der Waals surface area contributed by atoms with Crippen molar-refractivity contribution >= 4 is 21.9 Å². The molecule has 0 heterocycles. The van der Waals surface area contributed by atoms with Crippen LogP contribution in [0.25, 0.3) is 0 Å². The van der Waals surface area contributed by atoms with E-state index >= 15 is 0 Å². The minimum Gasteiger partial charge on any atom is -0.481 e. The molecule has 82 valence electrons. The van der Waals surface area contributed by atoms with Crippen molar-refractivity contribution in [1.29, 1.82) is 0 Å². The van der Waals surface area contributed by atoms with Crippen molar-refractivity contribution < 1.29 is 14.3 Å². The van der Waals surface area contributed by atoms with E-state index < -0.39 is 5.97 Å². The molecule has 2 N–H and O–H groups in total. The van der Waals surface area contributed by atoms with Gasteiger partial charge in [-0.3, -0.25) is 4.79 Å². The summed E-state index contributed by atoms with van der Waals surface area (Å²) in [6.07, 6.45) is -0.0409. The quantitative estimate of drug-likeness (QED) is 0.887. The van der Waals surface area contributed by atoms with Gasteiger partial charge in [-0.15, -0.1) is 0 Å². The fraction of sp³-hybridized carbons (Fsp3) is 0.300. The molecule has 1 rings (SSSR count). The second-order valence-corrected chi connectivity index (χ2v) is 3.96. The van der Waals surface area contributed by atoms with Crippen LogP contribution in [-0.4, -0.2) is 18.1 Å². The van der Waals surface area contributed by atoms with Gasteiger partial charge in [0.25, 0.3) is 0 Å². The third kappa shape index (κ3) is 3.28. The summed E-state index contributed by atoms with van der Waals surface area (Å²) in [5, 5.41) is 11.6. The maximum absolute atomic E-state index is 12.8. The van der Waals surface area contributed by atoms with Gasteiger partial charge in [0.05, 0.1) is 6.42 Å². The standard InChI is InChI=1S/C10H11BrFNO2/c1-13-9(5-10(14)15)7-3-2-6(12)4-8(7)11/h2-4,9,13H,5H2,1H3,(H,14,15). The molecular formula is C10H11BrFNO2. The minimum absolute atomic E-state index is 0.0409. The van der Waals surface area contributed by atoms with Crippen molar-refractivity contribution in [1.82, 2.24) is 5.32 Å². The highest BCUT2D eigenvalue weighted by Gasteiger charge is 2.16. The van der Waals surface area contributed by atoms with E-state index in [1.165, 1.54) is 12.1 Å². The minimum atomic E-state index is -0.898. The van der Waals surface area contributed by atoms with Gasteiger partial charge in [0.1, 0.15) is 5.82 Å². The maximum atomic E-state index is 12.8. The summed E-state index contributed by atoms with van der Waals surface area (Å²) in [6.45, 7) is 0. The molecular weight excluding hydrogens is 265 g/mol. The Labute approximate surface area is 95.4 Å². The second-order valence-electron chi connectivity index (χ2n) is 3.10. The van der Waals surface area contributed by atoms with Crippen LogP contribution >= 0.6 is 15.9 Å². The van der Waals surface area contributed by atoms with Crippen molar-refractivity contribution in [2.45, 2.75) is 12.5 Å². The number of carbonyl (C=O) groups is 1. The lowest BCUT2D eigenvalue weighted by Crippen LogP contribution is -2.20. The average molecular weight is 276 g/mol. The number of carboxylic acid groups (broad SMARTS) is 1.